The first kappa shape index (κ1) is 23.2. The molecule has 0 unspecified atom stereocenters. The fraction of sp³-hybridized carbons (Fsp3) is 0.350. The van der Waals surface area contributed by atoms with Crippen LogP contribution in [0, 0.1) is 6.92 Å². The lowest BCUT2D eigenvalue weighted by Gasteiger charge is -2.30. The summed E-state index contributed by atoms with van der Waals surface area (Å²) >= 11 is 0. The zero-order valence-corrected chi connectivity index (χ0v) is 16.8. The van der Waals surface area contributed by atoms with Crippen LogP contribution in [0.3, 0.4) is 0 Å². The average molecular weight is 467 g/mol. The molecule has 1 atom stereocenters. The Kier molecular flexibility index (Phi) is 5.92. The van der Waals surface area contributed by atoms with Crippen molar-refractivity contribution in [1.82, 2.24) is 10.2 Å². The van der Waals surface area contributed by atoms with Crippen LogP contribution < -0.4 is 10.1 Å². The van der Waals surface area contributed by atoms with Crippen molar-refractivity contribution < 1.29 is 35.9 Å². The van der Waals surface area contributed by atoms with Gasteiger partial charge >= 0.3 is 12.5 Å². The van der Waals surface area contributed by atoms with Crippen LogP contribution in [0.2, 0.25) is 0 Å². The van der Waals surface area contributed by atoms with Crippen molar-refractivity contribution in [2.24, 2.45) is 0 Å². The molecular weight excluding hydrogens is 450 g/mol. The molecule has 2 aliphatic rings. The zero-order chi connectivity index (χ0) is 21.8. The van der Waals surface area contributed by atoms with Gasteiger partial charge in [0.05, 0.1) is 17.2 Å². The van der Waals surface area contributed by atoms with Crippen molar-refractivity contribution in [3.05, 3.63) is 52.6 Å². The number of fused-ring (bicyclic) bond motifs is 3. The van der Waals surface area contributed by atoms with Crippen molar-refractivity contribution in [3.63, 3.8) is 0 Å². The molecule has 1 N–H and O–H groups in total. The lowest BCUT2D eigenvalue weighted by atomic mass is 9.91. The fourth-order valence-electron chi connectivity index (χ4n) is 4.07. The maximum atomic E-state index is 13.8. The Bertz CT molecular complexity index is 1020. The van der Waals surface area contributed by atoms with Gasteiger partial charge in [0.2, 0.25) is 0 Å². The smallest absolute Gasteiger partial charge is 0.406 e. The van der Waals surface area contributed by atoms with Gasteiger partial charge in [-0.2, -0.15) is 13.2 Å². The molecule has 2 aromatic carbocycles. The molecule has 0 aliphatic carbocycles. The Labute approximate surface area is 179 Å². The molecule has 1 amide bonds. The molecule has 4 nitrogen and oxygen atoms in total. The van der Waals surface area contributed by atoms with Crippen LogP contribution in [0.15, 0.2) is 30.3 Å². The predicted molar refractivity (Wildman–Crippen MR) is 102 cm³/mol. The molecule has 2 heterocycles. The van der Waals surface area contributed by atoms with Gasteiger partial charge in [-0.15, -0.1) is 25.6 Å². The Hall–Kier alpha value is -2.46. The summed E-state index contributed by atoms with van der Waals surface area (Å²) in [5, 5.41) is 3.08. The Balaban J connectivity index is 0.00000272. The van der Waals surface area contributed by atoms with Crippen molar-refractivity contribution in [2.45, 2.75) is 25.5 Å². The molecule has 168 valence electrons. The quantitative estimate of drug-likeness (QED) is 0.626. The summed E-state index contributed by atoms with van der Waals surface area (Å²) in [5.74, 6) is -1.11. The second-order valence-electron chi connectivity index (χ2n) is 7.23. The predicted octanol–water partition coefficient (Wildman–Crippen LogP) is 5.10. The number of benzene rings is 2. The SMILES string of the molecule is Cc1cc(OC(F)(F)F)ccc1-c1cc2c(c(C(F)(F)F)c1)C(=O)N1CCNC[C@@H]21.Cl. The van der Waals surface area contributed by atoms with Gasteiger partial charge in [0.15, 0.2) is 0 Å². The van der Waals surface area contributed by atoms with E-state index in [1.807, 2.05) is 0 Å². The van der Waals surface area contributed by atoms with E-state index in [2.05, 4.69) is 10.1 Å². The Morgan fingerprint density at radius 1 is 1.10 bits per heavy atom. The number of carbonyl (C=O) groups excluding carboxylic acids is 1. The number of carbonyl (C=O) groups is 1. The average Bonchev–Trinajstić information content (AvgIpc) is 2.92. The van der Waals surface area contributed by atoms with Crippen LogP contribution >= 0.6 is 12.4 Å². The number of ether oxygens (including phenoxy) is 1. The molecule has 0 spiro atoms. The van der Waals surface area contributed by atoms with E-state index in [0.29, 0.717) is 30.8 Å². The first-order chi connectivity index (χ1) is 14.0. The third kappa shape index (κ3) is 4.31. The number of piperazine rings is 1. The Morgan fingerprint density at radius 2 is 1.81 bits per heavy atom. The maximum absolute atomic E-state index is 13.8. The number of nitrogens with zero attached hydrogens (tertiary/aromatic N) is 1. The van der Waals surface area contributed by atoms with Crippen LogP contribution in [-0.4, -0.2) is 36.8 Å². The highest BCUT2D eigenvalue weighted by Crippen LogP contribution is 2.45. The van der Waals surface area contributed by atoms with Crippen LogP contribution in [-0.2, 0) is 6.18 Å². The number of amides is 1. The van der Waals surface area contributed by atoms with E-state index in [4.69, 9.17) is 0 Å². The van der Waals surface area contributed by atoms with Crippen LogP contribution in [0.25, 0.3) is 11.1 Å². The van der Waals surface area contributed by atoms with Gasteiger partial charge in [-0.25, -0.2) is 0 Å². The van der Waals surface area contributed by atoms with Gasteiger partial charge in [0.1, 0.15) is 5.75 Å². The second kappa shape index (κ2) is 7.90. The van der Waals surface area contributed by atoms with Crippen LogP contribution in [0.4, 0.5) is 26.3 Å². The van der Waals surface area contributed by atoms with Gasteiger partial charge in [-0.1, -0.05) is 6.07 Å². The Morgan fingerprint density at radius 3 is 2.42 bits per heavy atom. The third-order valence-electron chi connectivity index (χ3n) is 5.29. The molecule has 4 rings (SSSR count). The highest BCUT2D eigenvalue weighted by Gasteiger charge is 2.45. The lowest BCUT2D eigenvalue weighted by Crippen LogP contribution is -2.44. The summed E-state index contributed by atoms with van der Waals surface area (Å²) in [4.78, 5) is 14.1. The molecule has 2 aliphatic heterocycles. The number of halogens is 7. The maximum Gasteiger partial charge on any atom is 0.573 e. The van der Waals surface area contributed by atoms with Gasteiger partial charge in [0.25, 0.3) is 5.91 Å². The van der Waals surface area contributed by atoms with E-state index in [0.717, 1.165) is 18.2 Å². The minimum Gasteiger partial charge on any atom is -0.406 e. The summed E-state index contributed by atoms with van der Waals surface area (Å²) in [6.45, 7) is 2.60. The largest absolute Gasteiger partial charge is 0.573 e. The van der Waals surface area contributed by atoms with Crippen molar-refractivity contribution in [2.75, 3.05) is 19.6 Å². The molecule has 0 saturated carbocycles. The molecule has 11 heteroatoms. The number of nitrogens with one attached hydrogen (secondary N) is 1. The lowest BCUT2D eigenvalue weighted by molar-refractivity contribution is -0.274. The second-order valence-corrected chi connectivity index (χ2v) is 7.23. The number of aryl methyl sites for hydroxylation is 1. The van der Waals surface area contributed by atoms with Gasteiger partial charge < -0.3 is 15.0 Å². The van der Waals surface area contributed by atoms with E-state index >= 15 is 0 Å². The van der Waals surface area contributed by atoms with E-state index in [1.165, 1.54) is 24.0 Å². The van der Waals surface area contributed by atoms with E-state index in [1.54, 1.807) is 0 Å². The summed E-state index contributed by atoms with van der Waals surface area (Å²) in [6.07, 6.45) is -9.63. The standard InChI is InChI=1S/C20H16F6N2O2.ClH/c1-10-6-12(30-20(24,25)26)2-3-13(10)11-7-14-16-9-27-4-5-28(16)18(29)17(14)15(8-11)19(21,22)23;/h2-3,6-8,16,27H,4-5,9H2,1H3;1H/t16-;/m0./s1. The minimum atomic E-state index is -4.87. The van der Waals surface area contributed by atoms with Crippen molar-refractivity contribution in [3.8, 4) is 16.9 Å². The molecule has 1 saturated heterocycles. The third-order valence-corrected chi connectivity index (χ3v) is 5.29. The summed E-state index contributed by atoms with van der Waals surface area (Å²) in [6, 6.07) is 5.34. The number of hydrogen-bond acceptors (Lipinski definition) is 3. The molecule has 0 bridgehead atoms. The van der Waals surface area contributed by atoms with Gasteiger partial charge in [0, 0.05) is 19.6 Å². The van der Waals surface area contributed by atoms with Crippen molar-refractivity contribution >= 4 is 18.3 Å². The number of alkyl halides is 6. The summed E-state index contributed by atoms with van der Waals surface area (Å²) < 4.78 is 82.6. The first-order valence-electron chi connectivity index (χ1n) is 9.09. The highest BCUT2D eigenvalue weighted by molar-refractivity contribution is 6.02. The number of hydrogen-bond donors (Lipinski definition) is 1. The summed E-state index contributed by atoms with van der Waals surface area (Å²) in [5.41, 5.74) is -0.302. The molecule has 0 aromatic heterocycles. The molecule has 2 aromatic rings. The van der Waals surface area contributed by atoms with E-state index in [9.17, 15) is 31.1 Å². The molecule has 0 radical (unpaired) electrons. The van der Waals surface area contributed by atoms with Gasteiger partial charge in [-0.05, 0) is 53.4 Å². The topological polar surface area (TPSA) is 41.6 Å². The first-order valence-corrected chi connectivity index (χ1v) is 9.09. The fourth-order valence-corrected chi connectivity index (χ4v) is 4.07. The van der Waals surface area contributed by atoms with Crippen LogP contribution in [0.5, 0.6) is 5.75 Å². The molecular formula is C20H17ClF6N2O2. The molecule has 31 heavy (non-hydrogen) atoms. The van der Waals surface area contributed by atoms with Crippen molar-refractivity contribution in [1.29, 1.82) is 0 Å². The van der Waals surface area contributed by atoms with Crippen LogP contribution in [0.1, 0.15) is 33.1 Å². The van der Waals surface area contributed by atoms with E-state index < -0.39 is 35.8 Å². The zero-order valence-electron chi connectivity index (χ0n) is 16.0. The monoisotopic (exact) mass is 466 g/mol. The van der Waals surface area contributed by atoms with Gasteiger partial charge in [-0.3, -0.25) is 4.79 Å². The van der Waals surface area contributed by atoms with E-state index in [-0.39, 0.29) is 29.1 Å². The summed E-state index contributed by atoms with van der Waals surface area (Å²) in [7, 11) is 0. The highest BCUT2D eigenvalue weighted by atomic mass is 35.5. The minimum absolute atomic E-state index is 0. The normalized spacial score (nSPS) is 18.4. The molecule has 1 fully saturated rings. The number of rotatable bonds is 2.